The smallest absolute Gasteiger partial charge is 0.309 e. The van der Waals surface area contributed by atoms with Crippen molar-refractivity contribution in [3.05, 3.63) is 30.1 Å². The summed E-state index contributed by atoms with van der Waals surface area (Å²) in [4.78, 5) is 3.97. The van der Waals surface area contributed by atoms with E-state index in [1.165, 1.54) is 0 Å². The Morgan fingerprint density at radius 1 is 1.31 bits per heavy atom. The van der Waals surface area contributed by atoms with Gasteiger partial charge < -0.3 is 5.32 Å². The standard InChI is InChI=1S/C11H13F3N2/c12-11(13,14)9-3-4-10(16-7-9)8-2-1-5-15-6-8/h1-2,5-6,9-10,16H,3-4,7H2. The molecule has 2 heterocycles. The monoisotopic (exact) mass is 230 g/mol. The molecule has 0 bridgehead atoms. The molecule has 0 amide bonds. The second-order valence-corrected chi connectivity index (χ2v) is 4.06. The number of nitrogens with one attached hydrogen (secondary N) is 1. The maximum absolute atomic E-state index is 12.4. The van der Waals surface area contributed by atoms with Gasteiger partial charge in [-0.05, 0) is 24.5 Å². The summed E-state index contributed by atoms with van der Waals surface area (Å²) in [6.45, 7) is 0.00304. The van der Waals surface area contributed by atoms with Gasteiger partial charge in [0.15, 0.2) is 0 Å². The highest BCUT2D eigenvalue weighted by Gasteiger charge is 2.41. The third kappa shape index (κ3) is 2.52. The van der Waals surface area contributed by atoms with Crippen LogP contribution >= 0.6 is 0 Å². The van der Waals surface area contributed by atoms with Crippen molar-refractivity contribution >= 4 is 0 Å². The van der Waals surface area contributed by atoms with Gasteiger partial charge in [0.1, 0.15) is 0 Å². The number of rotatable bonds is 1. The quantitative estimate of drug-likeness (QED) is 0.802. The zero-order valence-corrected chi connectivity index (χ0v) is 8.67. The minimum atomic E-state index is -4.08. The summed E-state index contributed by atoms with van der Waals surface area (Å²) in [6, 6.07) is 3.69. The van der Waals surface area contributed by atoms with Crippen molar-refractivity contribution in [3.8, 4) is 0 Å². The number of halogens is 3. The van der Waals surface area contributed by atoms with Gasteiger partial charge in [0.25, 0.3) is 0 Å². The predicted octanol–water partition coefficient (Wildman–Crippen LogP) is 2.68. The normalized spacial score (nSPS) is 26.7. The lowest BCUT2D eigenvalue weighted by Crippen LogP contribution is -2.40. The summed E-state index contributed by atoms with van der Waals surface area (Å²) in [7, 11) is 0. The molecule has 1 N–H and O–H groups in total. The highest BCUT2D eigenvalue weighted by Crippen LogP contribution is 2.35. The van der Waals surface area contributed by atoms with Crippen molar-refractivity contribution in [1.82, 2.24) is 10.3 Å². The van der Waals surface area contributed by atoms with Gasteiger partial charge in [0, 0.05) is 25.0 Å². The maximum Gasteiger partial charge on any atom is 0.393 e. The van der Waals surface area contributed by atoms with Crippen LogP contribution < -0.4 is 5.32 Å². The Morgan fingerprint density at radius 3 is 2.62 bits per heavy atom. The minimum Gasteiger partial charge on any atom is -0.309 e. The van der Waals surface area contributed by atoms with Crippen LogP contribution in [-0.2, 0) is 0 Å². The summed E-state index contributed by atoms with van der Waals surface area (Å²) < 4.78 is 37.3. The summed E-state index contributed by atoms with van der Waals surface area (Å²) in [6.07, 6.45) is -0.0186. The van der Waals surface area contributed by atoms with Gasteiger partial charge in [0.2, 0.25) is 0 Å². The average molecular weight is 230 g/mol. The minimum absolute atomic E-state index is 0.00304. The molecular formula is C11H13F3N2. The number of aromatic nitrogens is 1. The van der Waals surface area contributed by atoms with Crippen LogP contribution in [-0.4, -0.2) is 17.7 Å². The van der Waals surface area contributed by atoms with Gasteiger partial charge in [0.05, 0.1) is 5.92 Å². The zero-order valence-electron chi connectivity index (χ0n) is 8.67. The SMILES string of the molecule is FC(F)(F)C1CCC(c2cccnc2)NC1. The van der Waals surface area contributed by atoms with Crippen LogP contribution in [0.25, 0.3) is 0 Å². The first-order valence-electron chi connectivity index (χ1n) is 5.27. The van der Waals surface area contributed by atoms with E-state index in [9.17, 15) is 13.2 Å². The molecule has 1 fully saturated rings. The molecule has 0 aliphatic carbocycles. The first kappa shape index (κ1) is 11.4. The molecule has 16 heavy (non-hydrogen) atoms. The second kappa shape index (κ2) is 4.41. The molecule has 1 aliphatic heterocycles. The van der Waals surface area contributed by atoms with Crippen molar-refractivity contribution in [1.29, 1.82) is 0 Å². The molecule has 5 heteroatoms. The lowest BCUT2D eigenvalue weighted by atomic mass is 9.91. The Labute approximate surface area is 91.9 Å². The van der Waals surface area contributed by atoms with E-state index in [1.807, 2.05) is 6.07 Å². The highest BCUT2D eigenvalue weighted by molar-refractivity contribution is 5.14. The van der Waals surface area contributed by atoms with Crippen LogP contribution in [0.5, 0.6) is 0 Å². The van der Waals surface area contributed by atoms with Gasteiger partial charge >= 0.3 is 6.18 Å². The molecule has 0 saturated carbocycles. The number of hydrogen-bond donors (Lipinski definition) is 1. The van der Waals surface area contributed by atoms with Crippen LogP contribution in [0, 0.1) is 5.92 Å². The fourth-order valence-corrected chi connectivity index (χ4v) is 2.00. The van der Waals surface area contributed by atoms with E-state index in [0.717, 1.165) is 5.56 Å². The summed E-state index contributed by atoms with van der Waals surface area (Å²) in [5, 5.41) is 2.93. The van der Waals surface area contributed by atoms with E-state index in [-0.39, 0.29) is 19.0 Å². The van der Waals surface area contributed by atoms with Crippen LogP contribution in [0.4, 0.5) is 13.2 Å². The Morgan fingerprint density at radius 2 is 2.12 bits per heavy atom. The Hall–Kier alpha value is -1.10. The maximum atomic E-state index is 12.4. The number of nitrogens with zero attached hydrogens (tertiary/aromatic N) is 1. The van der Waals surface area contributed by atoms with Gasteiger partial charge in [-0.1, -0.05) is 6.07 Å². The van der Waals surface area contributed by atoms with Crippen LogP contribution in [0.2, 0.25) is 0 Å². The van der Waals surface area contributed by atoms with Crippen LogP contribution in [0.15, 0.2) is 24.5 Å². The molecule has 2 rings (SSSR count). The average Bonchev–Trinajstić information content (AvgIpc) is 2.29. The molecule has 1 aromatic rings. The fourth-order valence-electron chi connectivity index (χ4n) is 2.00. The highest BCUT2D eigenvalue weighted by atomic mass is 19.4. The molecule has 2 atom stereocenters. The molecule has 0 radical (unpaired) electrons. The lowest BCUT2D eigenvalue weighted by Gasteiger charge is -2.31. The zero-order chi connectivity index (χ0) is 11.6. The summed E-state index contributed by atoms with van der Waals surface area (Å²) >= 11 is 0. The third-order valence-electron chi connectivity index (χ3n) is 2.96. The van der Waals surface area contributed by atoms with E-state index in [1.54, 1.807) is 18.5 Å². The number of alkyl halides is 3. The summed E-state index contributed by atoms with van der Waals surface area (Å²) in [5.41, 5.74) is 0.961. The van der Waals surface area contributed by atoms with Crippen molar-refractivity contribution in [2.75, 3.05) is 6.54 Å². The molecule has 88 valence electrons. The number of hydrogen-bond acceptors (Lipinski definition) is 2. The van der Waals surface area contributed by atoms with E-state index < -0.39 is 12.1 Å². The summed E-state index contributed by atoms with van der Waals surface area (Å²) in [5.74, 6) is -1.21. The number of pyridine rings is 1. The Bertz CT molecular complexity index is 329. The van der Waals surface area contributed by atoms with Gasteiger partial charge in [-0.3, -0.25) is 4.98 Å². The molecule has 0 spiro atoms. The topological polar surface area (TPSA) is 24.9 Å². The Balaban J connectivity index is 1.96. The first-order valence-corrected chi connectivity index (χ1v) is 5.27. The largest absolute Gasteiger partial charge is 0.393 e. The molecule has 0 aromatic carbocycles. The van der Waals surface area contributed by atoms with Crippen molar-refractivity contribution < 1.29 is 13.2 Å². The van der Waals surface area contributed by atoms with E-state index >= 15 is 0 Å². The van der Waals surface area contributed by atoms with E-state index in [4.69, 9.17) is 0 Å². The predicted molar refractivity (Wildman–Crippen MR) is 53.8 cm³/mol. The fraction of sp³-hybridized carbons (Fsp3) is 0.545. The second-order valence-electron chi connectivity index (χ2n) is 4.06. The third-order valence-corrected chi connectivity index (χ3v) is 2.96. The van der Waals surface area contributed by atoms with Crippen LogP contribution in [0.1, 0.15) is 24.4 Å². The first-order chi connectivity index (χ1) is 7.57. The van der Waals surface area contributed by atoms with E-state index in [0.29, 0.717) is 6.42 Å². The van der Waals surface area contributed by atoms with Gasteiger partial charge in [-0.15, -0.1) is 0 Å². The van der Waals surface area contributed by atoms with Crippen molar-refractivity contribution in [2.45, 2.75) is 25.1 Å². The molecule has 1 aliphatic rings. The van der Waals surface area contributed by atoms with E-state index in [2.05, 4.69) is 10.3 Å². The Kier molecular flexibility index (Phi) is 3.14. The molecular weight excluding hydrogens is 217 g/mol. The molecule has 2 unspecified atom stereocenters. The van der Waals surface area contributed by atoms with Crippen LogP contribution in [0.3, 0.4) is 0 Å². The molecule has 1 aromatic heterocycles. The van der Waals surface area contributed by atoms with Crippen molar-refractivity contribution in [2.24, 2.45) is 5.92 Å². The van der Waals surface area contributed by atoms with Crippen molar-refractivity contribution in [3.63, 3.8) is 0 Å². The van der Waals surface area contributed by atoms with Gasteiger partial charge in [-0.25, -0.2) is 0 Å². The van der Waals surface area contributed by atoms with Gasteiger partial charge in [-0.2, -0.15) is 13.2 Å². The molecule has 1 saturated heterocycles. The molecule has 2 nitrogen and oxygen atoms in total. The number of piperidine rings is 1. The lowest BCUT2D eigenvalue weighted by molar-refractivity contribution is -0.179.